The molecular weight excluding hydrogens is 503 g/mol. The lowest BCUT2D eigenvalue weighted by atomic mass is 9.96. The summed E-state index contributed by atoms with van der Waals surface area (Å²) in [5, 5.41) is 9.66. The van der Waals surface area contributed by atoms with Crippen LogP contribution in [0.25, 0.3) is 0 Å². The van der Waals surface area contributed by atoms with E-state index in [1.54, 1.807) is 19.4 Å². The standard InChI is InChI=1S/C23H27ClF3N5O4/c1-13-11-31(17-7-20(35-2)29-8-16(17)24)4-3-18(13)36-21-10-28-19(9-30-21)32-12-14(23(25,26)27)5-15(32)6-22(33)34/h7-10,13-15,18H,3-6,11-12H2,1-2H3,(H,33,34)/t13-,14-,15-,18-/m1/s1. The molecule has 2 aliphatic rings. The molecule has 0 aromatic carbocycles. The van der Waals surface area contributed by atoms with E-state index in [0.717, 1.165) is 5.69 Å². The molecule has 9 nitrogen and oxygen atoms in total. The molecule has 2 saturated heterocycles. The van der Waals surface area contributed by atoms with E-state index in [4.69, 9.17) is 26.2 Å². The number of piperidine rings is 1. The summed E-state index contributed by atoms with van der Waals surface area (Å²) in [5.74, 6) is -1.73. The van der Waals surface area contributed by atoms with Gasteiger partial charge in [-0.05, 0) is 6.42 Å². The molecule has 2 aromatic rings. The summed E-state index contributed by atoms with van der Waals surface area (Å²) < 4.78 is 51.0. The van der Waals surface area contributed by atoms with Gasteiger partial charge < -0.3 is 24.4 Å². The first kappa shape index (κ1) is 26.1. The van der Waals surface area contributed by atoms with E-state index in [-0.39, 0.29) is 36.7 Å². The number of carboxylic acids is 1. The lowest BCUT2D eigenvalue weighted by Gasteiger charge is -2.38. The number of carbonyl (C=O) groups is 1. The van der Waals surface area contributed by atoms with Gasteiger partial charge in [0.1, 0.15) is 11.9 Å². The molecule has 0 amide bonds. The van der Waals surface area contributed by atoms with Gasteiger partial charge in [0.05, 0.1) is 48.7 Å². The molecule has 0 bridgehead atoms. The Bertz CT molecular complexity index is 1070. The Morgan fingerprint density at radius 2 is 1.94 bits per heavy atom. The number of alkyl halides is 3. The molecule has 0 radical (unpaired) electrons. The molecule has 4 atom stereocenters. The van der Waals surface area contributed by atoms with Gasteiger partial charge in [0.15, 0.2) is 0 Å². The van der Waals surface area contributed by atoms with Crippen molar-refractivity contribution < 1.29 is 32.5 Å². The number of pyridine rings is 1. The van der Waals surface area contributed by atoms with E-state index in [9.17, 15) is 18.0 Å². The first-order valence-electron chi connectivity index (χ1n) is 11.5. The van der Waals surface area contributed by atoms with Crippen molar-refractivity contribution in [2.45, 2.75) is 44.5 Å². The van der Waals surface area contributed by atoms with Gasteiger partial charge in [-0.25, -0.2) is 15.0 Å². The Kier molecular flexibility index (Phi) is 7.62. The number of hydrogen-bond donors (Lipinski definition) is 1. The summed E-state index contributed by atoms with van der Waals surface area (Å²) >= 11 is 6.33. The van der Waals surface area contributed by atoms with Crippen molar-refractivity contribution in [2.75, 3.05) is 36.5 Å². The number of aromatic nitrogens is 3. The van der Waals surface area contributed by atoms with E-state index in [1.807, 2.05) is 6.92 Å². The van der Waals surface area contributed by atoms with Gasteiger partial charge in [-0.15, -0.1) is 0 Å². The number of aliphatic carboxylic acids is 1. The summed E-state index contributed by atoms with van der Waals surface area (Å²) in [6.07, 6.45) is -0.300. The highest BCUT2D eigenvalue weighted by molar-refractivity contribution is 6.33. The van der Waals surface area contributed by atoms with Crippen molar-refractivity contribution in [3.63, 3.8) is 0 Å². The molecule has 0 saturated carbocycles. The fraction of sp³-hybridized carbons (Fsp3) is 0.565. The third-order valence-corrected chi connectivity index (χ3v) is 6.95. The van der Waals surface area contributed by atoms with Crippen LogP contribution in [0, 0.1) is 11.8 Å². The maximum Gasteiger partial charge on any atom is 0.393 e. The van der Waals surface area contributed by atoms with Gasteiger partial charge in [-0.2, -0.15) is 13.2 Å². The molecule has 0 spiro atoms. The number of halogens is 4. The van der Waals surface area contributed by atoms with Gasteiger partial charge in [0.25, 0.3) is 0 Å². The second-order valence-electron chi connectivity index (χ2n) is 9.14. The van der Waals surface area contributed by atoms with Crippen molar-refractivity contribution in [1.82, 2.24) is 15.0 Å². The summed E-state index contributed by atoms with van der Waals surface area (Å²) in [5.41, 5.74) is 0.830. The number of anilines is 2. The van der Waals surface area contributed by atoms with Crippen LogP contribution in [0.15, 0.2) is 24.7 Å². The zero-order valence-corrected chi connectivity index (χ0v) is 20.5. The second-order valence-corrected chi connectivity index (χ2v) is 9.54. The summed E-state index contributed by atoms with van der Waals surface area (Å²) in [7, 11) is 1.54. The predicted molar refractivity (Wildman–Crippen MR) is 126 cm³/mol. The Morgan fingerprint density at radius 1 is 1.19 bits per heavy atom. The van der Waals surface area contributed by atoms with Crippen molar-refractivity contribution in [3.05, 3.63) is 29.7 Å². The molecule has 2 aromatic heterocycles. The average molecular weight is 530 g/mol. The Balaban J connectivity index is 1.40. The first-order chi connectivity index (χ1) is 17.0. The van der Waals surface area contributed by atoms with Crippen molar-refractivity contribution >= 4 is 29.1 Å². The molecule has 0 unspecified atom stereocenters. The zero-order valence-electron chi connectivity index (χ0n) is 19.8. The molecule has 36 heavy (non-hydrogen) atoms. The van der Waals surface area contributed by atoms with Gasteiger partial charge >= 0.3 is 12.1 Å². The van der Waals surface area contributed by atoms with Gasteiger partial charge in [0, 0.05) is 44.1 Å². The summed E-state index contributed by atoms with van der Waals surface area (Å²) in [4.78, 5) is 27.3. The molecule has 1 N–H and O–H groups in total. The van der Waals surface area contributed by atoms with Crippen molar-refractivity contribution in [2.24, 2.45) is 11.8 Å². The van der Waals surface area contributed by atoms with Crippen LogP contribution in [0.2, 0.25) is 5.02 Å². The van der Waals surface area contributed by atoms with Crippen LogP contribution in [-0.4, -0.2) is 71.1 Å². The molecule has 0 aliphatic carbocycles. The van der Waals surface area contributed by atoms with E-state index in [1.165, 1.54) is 17.3 Å². The predicted octanol–water partition coefficient (Wildman–Crippen LogP) is 4.06. The number of hydrogen-bond acceptors (Lipinski definition) is 8. The number of rotatable bonds is 7. The molecule has 13 heteroatoms. The Morgan fingerprint density at radius 3 is 2.56 bits per heavy atom. The quantitative estimate of drug-likeness (QED) is 0.569. The van der Waals surface area contributed by atoms with Crippen LogP contribution < -0.4 is 19.3 Å². The smallest absolute Gasteiger partial charge is 0.393 e. The number of nitrogens with zero attached hydrogens (tertiary/aromatic N) is 5. The maximum atomic E-state index is 13.3. The lowest BCUT2D eigenvalue weighted by molar-refractivity contribution is -0.169. The van der Waals surface area contributed by atoms with Crippen LogP contribution in [-0.2, 0) is 4.79 Å². The van der Waals surface area contributed by atoms with Crippen LogP contribution >= 0.6 is 11.6 Å². The minimum Gasteiger partial charge on any atom is -0.481 e. The number of methoxy groups -OCH3 is 1. The third kappa shape index (κ3) is 5.85. The monoisotopic (exact) mass is 529 g/mol. The average Bonchev–Trinajstić information content (AvgIpc) is 3.25. The van der Waals surface area contributed by atoms with Crippen LogP contribution in [0.3, 0.4) is 0 Å². The van der Waals surface area contributed by atoms with Crippen molar-refractivity contribution in [3.8, 4) is 11.8 Å². The fourth-order valence-electron chi connectivity index (χ4n) is 4.78. The summed E-state index contributed by atoms with van der Waals surface area (Å²) in [6, 6.07) is 0.984. The highest BCUT2D eigenvalue weighted by Crippen LogP contribution is 2.39. The maximum absolute atomic E-state index is 13.3. The SMILES string of the molecule is COc1cc(N2CC[C@@H](Oc3cnc(N4C[C@H](C(F)(F)F)C[C@@H]4CC(=O)O)cn3)[C@H](C)C2)c(Cl)cn1. The van der Waals surface area contributed by atoms with Crippen LogP contribution in [0.5, 0.6) is 11.8 Å². The molecule has 4 rings (SSSR count). The van der Waals surface area contributed by atoms with E-state index in [0.29, 0.717) is 30.4 Å². The molecular formula is C23H27ClF3N5O4. The molecule has 2 fully saturated rings. The normalized spacial score (nSPS) is 24.6. The minimum absolute atomic E-state index is 0.113. The van der Waals surface area contributed by atoms with Crippen LogP contribution in [0.1, 0.15) is 26.2 Å². The highest BCUT2D eigenvalue weighted by Gasteiger charge is 2.48. The van der Waals surface area contributed by atoms with Gasteiger partial charge in [-0.3, -0.25) is 4.79 Å². The first-order valence-corrected chi connectivity index (χ1v) is 11.9. The van der Waals surface area contributed by atoms with Crippen LogP contribution in [0.4, 0.5) is 24.7 Å². The van der Waals surface area contributed by atoms with E-state index in [2.05, 4.69) is 19.9 Å². The number of ether oxygens (including phenoxy) is 2. The Hall–Kier alpha value is -3.02. The molecule has 196 valence electrons. The van der Waals surface area contributed by atoms with Crippen molar-refractivity contribution in [1.29, 1.82) is 0 Å². The third-order valence-electron chi connectivity index (χ3n) is 6.65. The van der Waals surface area contributed by atoms with E-state index < -0.39 is 30.5 Å². The number of carboxylic acid groups (broad SMARTS) is 1. The van der Waals surface area contributed by atoms with Gasteiger partial charge in [0.2, 0.25) is 11.8 Å². The van der Waals surface area contributed by atoms with E-state index >= 15 is 0 Å². The van der Waals surface area contributed by atoms with Gasteiger partial charge in [-0.1, -0.05) is 18.5 Å². The lowest BCUT2D eigenvalue weighted by Crippen LogP contribution is -2.44. The topological polar surface area (TPSA) is 101 Å². The zero-order chi connectivity index (χ0) is 26.0. The largest absolute Gasteiger partial charge is 0.481 e. The highest BCUT2D eigenvalue weighted by atomic mass is 35.5. The minimum atomic E-state index is -4.40. The Labute approximate surface area is 211 Å². The summed E-state index contributed by atoms with van der Waals surface area (Å²) in [6.45, 7) is 3.04. The molecule has 2 aliphatic heterocycles. The second kappa shape index (κ2) is 10.5. The molecule has 4 heterocycles. The fourth-order valence-corrected chi connectivity index (χ4v) is 5.01.